The van der Waals surface area contributed by atoms with Gasteiger partial charge in [-0.1, -0.05) is 18.2 Å². The molecule has 1 aliphatic carbocycles. The highest BCUT2D eigenvalue weighted by molar-refractivity contribution is 5.87. The van der Waals surface area contributed by atoms with Crippen molar-refractivity contribution >= 4 is 17.8 Å². The fourth-order valence-electron chi connectivity index (χ4n) is 2.59. The second-order valence-electron chi connectivity index (χ2n) is 6.07. The van der Waals surface area contributed by atoms with E-state index in [-0.39, 0.29) is 6.61 Å². The van der Waals surface area contributed by atoms with Crippen molar-refractivity contribution in [2.75, 3.05) is 6.61 Å². The predicted molar refractivity (Wildman–Crippen MR) is 90.7 cm³/mol. The molecule has 0 heterocycles. The lowest BCUT2D eigenvalue weighted by Gasteiger charge is -2.24. The van der Waals surface area contributed by atoms with Gasteiger partial charge in [0.1, 0.15) is 5.75 Å². The summed E-state index contributed by atoms with van der Waals surface area (Å²) in [4.78, 5) is 35.1. The molecule has 2 atom stereocenters. The minimum atomic E-state index is -1.02. The van der Waals surface area contributed by atoms with Crippen molar-refractivity contribution in [2.45, 2.75) is 26.7 Å². The van der Waals surface area contributed by atoms with Crippen LogP contribution in [0.1, 0.15) is 24.0 Å². The number of carbonyl (C=O) groups excluding carboxylic acids is 2. The molecular weight excluding hydrogens is 324 g/mol. The summed E-state index contributed by atoms with van der Waals surface area (Å²) in [6, 6.07) is 5.49. The summed E-state index contributed by atoms with van der Waals surface area (Å²) in [6.45, 7) is 3.67. The van der Waals surface area contributed by atoms with Crippen LogP contribution in [0.25, 0.3) is 0 Å². The summed E-state index contributed by atoms with van der Waals surface area (Å²) in [5.74, 6) is -2.99. The summed E-state index contributed by atoms with van der Waals surface area (Å²) < 4.78 is 5.37. The Morgan fingerprint density at radius 2 is 1.76 bits per heavy atom. The first-order chi connectivity index (χ1) is 11.9. The lowest BCUT2D eigenvalue weighted by molar-refractivity contribution is -0.147. The highest BCUT2D eigenvalue weighted by Crippen LogP contribution is 2.25. The van der Waals surface area contributed by atoms with Gasteiger partial charge in [-0.3, -0.25) is 25.2 Å². The lowest BCUT2D eigenvalue weighted by Crippen LogP contribution is -2.48. The topological polar surface area (TPSA) is 105 Å². The minimum absolute atomic E-state index is 0.254. The molecule has 0 spiro atoms. The van der Waals surface area contributed by atoms with E-state index in [0.717, 1.165) is 11.1 Å². The van der Waals surface area contributed by atoms with Crippen molar-refractivity contribution in [1.29, 1.82) is 0 Å². The molecule has 0 radical (unpaired) electrons. The number of aryl methyl sites for hydroxylation is 2. The molecule has 2 rings (SSSR count). The van der Waals surface area contributed by atoms with Gasteiger partial charge in [0.2, 0.25) is 5.91 Å². The average Bonchev–Trinajstić information content (AvgIpc) is 2.60. The number of hydrogen-bond donors (Lipinski definition) is 3. The molecule has 0 saturated heterocycles. The van der Waals surface area contributed by atoms with Crippen molar-refractivity contribution in [3.8, 4) is 5.75 Å². The molecule has 25 heavy (non-hydrogen) atoms. The Morgan fingerprint density at radius 3 is 2.40 bits per heavy atom. The van der Waals surface area contributed by atoms with Crippen LogP contribution in [0.5, 0.6) is 5.75 Å². The highest BCUT2D eigenvalue weighted by atomic mass is 16.5. The van der Waals surface area contributed by atoms with Crippen LogP contribution in [0.4, 0.5) is 0 Å². The maximum atomic E-state index is 12.1. The summed E-state index contributed by atoms with van der Waals surface area (Å²) in [5, 5.41) is 9.17. The Hall–Kier alpha value is -2.83. The first-order valence-corrected chi connectivity index (χ1v) is 8.05. The second kappa shape index (κ2) is 8.32. The molecule has 0 unspecified atom stereocenters. The normalized spacial score (nSPS) is 19.1. The largest absolute Gasteiger partial charge is 0.484 e. The number of nitrogens with one attached hydrogen (secondary N) is 2. The molecule has 134 valence electrons. The fourth-order valence-corrected chi connectivity index (χ4v) is 2.59. The van der Waals surface area contributed by atoms with Crippen molar-refractivity contribution in [1.82, 2.24) is 10.9 Å². The van der Waals surface area contributed by atoms with E-state index in [0.29, 0.717) is 18.6 Å². The van der Waals surface area contributed by atoms with Crippen LogP contribution in [0.15, 0.2) is 30.4 Å². The van der Waals surface area contributed by atoms with Crippen LogP contribution in [-0.2, 0) is 14.4 Å². The molecule has 1 aromatic carbocycles. The number of carbonyl (C=O) groups is 3. The third-order valence-electron chi connectivity index (χ3n) is 4.26. The van der Waals surface area contributed by atoms with E-state index in [1.165, 1.54) is 0 Å². The van der Waals surface area contributed by atoms with Crippen molar-refractivity contribution in [2.24, 2.45) is 11.8 Å². The zero-order valence-corrected chi connectivity index (χ0v) is 14.2. The number of ether oxygens (including phenoxy) is 1. The lowest BCUT2D eigenvalue weighted by atomic mass is 9.82. The standard InChI is InChI=1S/C18H22N2O5/c1-11-7-8-13(9-12(11)2)25-10-16(21)19-20-17(22)14-5-3-4-6-15(14)18(23)24/h3-4,7-9,14-15H,5-6,10H2,1-2H3,(H,19,21)(H,20,22)(H,23,24)/t14-,15-/m1/s1. The predicted octanol–water partition coefficient (Wildman–Crippen LogP) is 1.50. The van der Waals surface area contributed by atoms with E-state index < -0.39 is 29.6 Å². The third-order valence-corrected chi connectivity index (χ3v) is 4.26. The number of carboxylic acid groups (broad SMARTS) is 1. The molecule has 0 bridgehead atoms. The number of hydrogen-bond acceptors (Lipinski definition) is 4. The molecular formula is C18H22N2O5. The molecule has 3 N–H and O–H groups in total. The van der Waals surface area contributed by atoms with Gasteiger partial charge in [-0.05, 0) is 49.9 Å². The molecule has 0 aliphatic heterocycles. The van der Waals surface area contributed by atoms with Crippen molar-refractivity contribution < 1.29 is 24.2 Å². The molecule has 0 fully saturated rings. The van der Waals surface area contributed by atoms with E-state index in [1.54, 1.807) is 18.2 Å². The van der Waals surface area contributed by atoms with Gasteiger partial charge in [0.05, 0.1) is 11.8 Å². The van der Waals surface area contributed by atoms with Gasteiger partial charge in [0.15, 0.2) is 6.61 Å². The van der Waals surface area contributed by atoms with Crippen molar-refractivity contribution in [3.05, 3.63) is 41.5 Å². The second-order valence-corrected chi connectivity index (χ2v) is 6.07. The summed E-state index contributed by atoms with van der Waals surface area (Å²) in [5.41, 5.74) is 6.71. The van der Waals surface area contributed by atoms with Crippen LogP contribution in [0, 0.1) is 25.7 Å². The minimum Gasteiger partial charge on any atom is -0.484 e. The first-order valence-electron chi connectivity index (χ1n) is 8.05. The quantitative estimate of drug-likeness (QED) is 0.553. The Kier molecular flexibility index (Phi) is 6.16. The van der Waals surface area contributed by atoms with E-state index in [2.05, 4.69) is 10.9 Å². The number of amides is 2. The molecule has 1 aliphatic rings. The number of aliphatic carboxylic acids is 1. The summed E-state index contributed by atoms with van der Waals surface area (Å²) in [7, 11) is 0. The van der Waals surface area contributed by atoms with Gasteiger partial charge in [0, 0.05) is 0 Å². The van der Waals surface area contributed by atoms with E-state index in [9.17, 15) is 14.4 Å². The fraction of sp³-hybridized carbons (Fsp3) is 0.389. The molecule has 7 heteroatoms. The monoisotopic (exact) mass is 346 g/mol. The van der Waals surface area contributed by atoms with E-state index in [1.807, 2.05) is 26.0 Å². The van der Waals surface area contributed by atoms with Crippen LogP contribution >= 0.6 is 0 Å². The Morgan fingerprint density at radius 1 is 1.08 bits per heavy atom. The van der Waals surface area contributed by atoms with Gasteiger partial charge in [-0.25, -0.2) is 0 Å². The number of carboxylic acids is 1. The number of benzene rings is 1. The van der Waals surface area contributed by atoms with Crippen molar-refractivity contribution in [3.63, 3.8) is 0 Å². The molecule has 7 nitrogen and oxygen atoms in total. The molecule has 1 aromatic rings. The summed E-state index contributed by atoms with van der Waals surface area (Å²) >= 11 is 0. The Bertz CT molecular complexity index is 699. The Labute approximate surface area is 146 Å². The zero-order chi connectivity index (χ0) is 18.4. The number of rotatable bonds is 5. The van der Waals surface area contributed by atoms with Crippen LogP contribution in [0.3, 0.4) is 0 Å². The smallest absolute Gasteiger partial charge is 0.307 e. The molecule has 2 amide bonds. The third kappa shape index (κ3) is 5.07. The zero-order valence-electron chi connectivity index (χ0n) is 14.2. The molecule has 0 saturated carbocycles. The van der Waals surface area contributed by atoms with Crippen LogP contribution < -0.4 is 15.6 Å². The summed E-state index contributed by atoms with van der Waals surface area (Å²) in [6.07, 6.45) is 4.15. The van der Waals surface area contributed by atoms with Gasteiger partial charge in [-0.15, -0.1) is 0 Å². The van der Waals surface area contributed by atoms with E-state index in [4.69, 9.17) is 9.84 Å². The SMILES string of the molecule is Cc1ccc(OCC(=O)NNC(=O)[C@@H]2CC=CC[C@H]2C(=O)O)cc1C. The van der Waals surface area contributed by atoms with Gasteiger partial charge < -0.3 is 9.84 Å². The maximum absolute atomic E-state index is 12.1. The Balaban J connectivity index is 1.80. The maximum Gasteiger partial charge on any atom is 0.307 e. The van der Waals surface area contributed by atoms with Crippen LogP contribution in [-0.4, -0.2) is 29.5 Å². The van der Waals surface area contributed by atoms with E-state index >= 15 is 0 Å². The molecule has 0 aromatic heterocycles. The highest BCUT2D eigenvalue weighted by Gasteiger charge is 2.34. The van der Waals surface area contributed by atoms with Gasteiger partial charge in [-0.2, -0.15) is 0 Å². The van der Waals surface area contributed by atoms with Crippen LogP contribution in [0.2, 0.25) is 0 Å². The number of hydrazine groups is 1. The van der Waals surface area contributed by atoms with Gasteiger partial charge >= 0.3 is 5.97 Å². The average molecular weight is 346 g/mol. The first kappa shape index (κ1) is 18.5. The van der Waals surface area contributed by atoms with Gasteiger partial charge in [0.25, 0.3) is 5.91 Å². The number of allylic oxidation sites excluding steroid dienone is 2.